The maximum absolute atomic E-state index is 9.67. The van der Waals surface area contributed by atoms with Crippen LogP contribution < -0.4 is 5.32 Å². The van der Waals surface area contributed by atoms with Crippen LogP contribution in [0.25, 0.3) is 0 Å². The molecular formula is C10H23NO2. The van der Waals surface area contributed by atoms with Gasteiger partial charge in [-0.3, -0.25) is 0 Å². The molecule has 0 radical (unpaired) electrons. The molecule has 0 aromatic carbocycles. The van der Waals surface area contributed by atoms with Crippen molar-refractivity contribution in [2.45, 2.75) is 51.8 Å². The maximum Gasteiger partial charge on any atom is 0.0741 e. The molecule has 0 bridgehead atoms. The molecule has 2 atom stereocenters. The molecule has 0 saturated heterocycles. The van der Waals surface area contributed by atoms with Crippen molar-refractivity contribution in [1.82, 2.24) is 5.32 Å². The molecule has 3 heteroatoms. The van der Waals surface area contributed by atoms with Gasteiger partial charge >= 0.3 is 0 Å². The number of ether oxygens (including phenoxy) is 1. The van der Waals surface area contributed by atoms with Crippen molar-refractivity contribution in [3.63, 3.8) is 0 Å². The number of aliphatic hydroxyl groups is 1. The second-order valence-corrected chi connectivity index (χ2v) is 4.22. The van der Waals surface area contributed by atoms with Crippen molar-refractivity contribution in [1.29, 1.82) is 0 Å². The highest BCUT2D eigenvalue weighted by molar-refractivity contribution is 4.81. The molecule has 0 aromatic heterocycles. The van der Waals surface area contributed by atoms with Crippen LogP contribution in [0.1, 0.15) is 34.1 Å². The molecule has 0 spiro atoms. The highest BCUT2D eigenvalue weighted by atomic mass is 16.5. The molecule has 0 amide bonds. The maximum atomic E-state index is 9.67. The monoisotopic (exact) mass is 189 g/mol. The van der Waals surface area contributed by atoms with Crippen LogP contribution in [0.5, 0.6) is 0 Å². The Balaban J connectivity index is 3.71. The highest BCUT2D eigenvalue weighted by Gasteiger charge is 2.22. The van der Waals surface area contributed by atoms with E-state index >= 15 is 0 Å². The molecule has 0 aliphatic rings. The smallest absolute Gasteiger partial charge is 0.0741 e. The van der Waals surface area contributed by atoms with E-state index in [-0.39, 0.29) is 6.04 Å². The average molecular weight is 189 g/mol. The fourth-order valence-electron chi connectivity index (χ4n) is 1.01. The topological polar surface area (TPSA) is 41.5 Å². The van der Waals surface area contributed by atoms with Gasteiger partial charge in [0.1, 0.15) is 0 Å². The summed E-state index contributed by atoms with van der Waals surface area (Å²) in [5.41, 5.74) is -0.665. The van der Waals surface area contributed by atoms with Gasteiger partial charge in [-0.1, -0.05) is 0 Å². The minimum Gasteiger partial charge on any atom is -0.389 e. The summed E-state index contributed by atoms with van der Waals surface area (Å²) in [4.78, 5) is 0. The number of hydrogen-bond acceptors (Lipinski definition) is 3. The van der Waals surface area contributed by atoms with Gasteiger partial charge in [0.05, 0.1) is 5.60 Å². The first-order chi connectivity index (χ1) is 5.88. The second kappa shape index (κ2) is 5.58. The molecule has 3 nitrogen and oxygen atoms in total. The molecular weight excluding hydrogens is 166 g/mol. The SMILES string of the molecule is COCCC(C)NC(C)C(C)(C)O. The molecule has 0 aromatic rings. The van der Waals surface area contributed by atoms with Gasteiger partial charge in [-0.15, -0.1) is 0 Å². The van der Waals surface area contributed by atoms with Crippen LogP contribution in [0.4, 0.5) is 0 Å². The lowest BCUT2D eigenvalue weighted by molar-refractivity contribution is 0.0388. The Morgan fingerprint density at radius 3 is 2.31 bits per heavy atom. The van der Waals surface area contributed by atoms with Gasteiger partial charge in [0, 0.05) is 25.8 Å². The number of hydrogen-bond donors (Lipinski definition) is 2. The van der Waals surface area contributed by atoms with Crippen LogP contribution in [0.2, 0.25) is 0 Å². The summed E-state index contributed by atoms with van der Waals surface area (Å²) in [6.07, 6.45) is 0.969. The molecule has 80 valence electrons. The fourth-order valence-corrected chi connectivity index (χ4v) is 1.01. The summed E-state index contributed by atoms with van der Waals surface area (Å²) < 4.78 is 4.98. The Labute approximate surface area is 81.5 Å². The van der Waals surface area contributed by atoms with Crippen LogP contribution >= 0.6 is 0 Å². The molecule has 0 heterocycles. The van der Waals surface area contributed by atoms with Crippen molar-refractivity contribution >= 4 is 0 Å². The number of methoxy groups -OCH3 is 1. The summed E-state index contributed by atoms with van der Waals surface area (Å²) in [7, 11) is 1.70. The minimum absolute atomic E-state index is 0.0966. The van der Waals surface area contributed by atoms with Crippen molar-refractivity contribution in [2.24, 2.45) is 0 Å². The molecule has 2 unspecified atom stereocenters. The van der Waals surface area contributed by atoms with Gasteiger partial charge in [0.2, 0.25) is 0 Å². The van der Waals surface area contributed by atoms with Crippen LogP contribution in [0, 0.1) is 0 Å². The van der Waals surface area contributed by atoms with Crippen molar-refractivity contribution in [3.8, 4) is 0 Å². The summed E-state index contributed by atoms with van der Waals surface area (Å²) >= 11 is 0. The minimum atomic E-state index is -0.665. The molecule has 0 fully saturated rings. The van der Waals surface area contributed by atoms with E-state index in [1.165, 1.54) is 0 Å². The highest BCUT2D eigenvalue weighted by Crippen LogP contribution is 2.08. The Kier molecular flexibility index (Phi) is 5.53. The summed E-state index contributed by atoms with van der Waals surface area (Å²) in [5, 5.41) is 13.0. The predicted octanol–water partition coefficient (Wildman–Crippen LogP) is 1.16. The third-order valence-electron chi connectivity index (χ3n) is 2.35. The van der Waals surface area contributed by atoms with E-state index in [1.807, 2.05) is 20.8 Å². The lowest BCUT2D eigenvalue weighted by atomic mass is 10.00. The fraction of sp³-hybridized carbons (Fsp3) is 1.00. The molecule has 2 N–H and O–H groups in total. The number of nitrogens with one attached hydrogen (secondary N) is 1. The Bertz CT molecular complexity index is 131. The Morgan fingerprint density at radius 2 is 1.92 bits per heavy atom. The van der Waals surface area contributed by atoms with Crippen molar-refractivity contribution in [2.75, 3.05) is 13.7 Å². The normalized spacial score (nSPS) is 17.1. The largest absolute Gasteiger partial charge is 0.389 e. The van der Waals surface area contributed by atoms with Gasteiger partial charge in [0.15, 0.2) is 0 Å². The van der Waals surface area contributed by atoms with Gasteiger partial charge in [-0.05, 0) is 34.1 Å². The van der Waals surface area contributed by atoms with Gasteiger partial charge in [-0.25, -0.2) is 0 Å². The Hall–Kier alpha value is -0.120. The van der Waals surface area contributed by atoms with E-state index in [1.54, 1.807) is 7.11 Å². The lowest BCUT2D eigenvalue weighted by Gasteiger charge is -2.29. The van der Waals surface area contributed by atoms with Crippen LogP contribution in [-0.2, 0) is 4.74 Å². The van der Waals surface area contributed by atoms with Crippen LogP contribution in [-0.4, -0.2) is 36.5 Å². The van der Waals surface area contributed by atoms with E-state index in [0.29, 0.717) is 6.04 Å². The predicted molar refractivity (Wildman–Crippen MR) is 54.9 cm³/mol. The zero-order chi connectivity index (χ0) is 10.5. The zero-order valence-electron chi connectivity index (χ0n) is 9.42. The first kappa shape index (κ1) is 12.9. The number of rotatable bonds is 6. The van der Waals surface area contributed by atoms with E-state index in [4.69, 9.17) is 4.74 Å². The van der Waals surface area contributed by atoms with Gasteiger partial charge in [-0.2, -0.15) is 0 Å². The van der Waals surface area contributed by atoms with E-state index in [2.05, 4.69) is 12.2 Å². The van der Waals surface area contributed by atoms with E-state index < -0.39 is 5.60 Å². The van der Waals surface area contributed by atoms with Crippen molar-refractivity contribution < 1.29 is 9.84 Å². The summed E-state index contributed by atoms with van der Waals surface area (Å²) in [6.45, 7) is 8.47. The molecule has 0 aliphatic heterocycles. The van der Waals surface area contributed by atoms with Crippen LogP contribution in [0.3, 0.4) is 0 Å². The first-order valence-corrected chi connectivity index (χ1v) is 4.85. The van der Waals surface area contributed by atoms with Crippen LogP contribution in [0.15, 0.2) is 0 Å². The third-order valence-corrected chi connectivity index (χ3v) is 2.35. The second-order valence-electron chi connectivity index (χ2n) is 4.22. The average Bonchev–Trinajstić information content (AvgIpc) is 1.99. The van der Waals surface area contributed by atoms with Crippen molar-refractivity contribution in [3.05, 3.63) is 0 Å². The first-order valence-electron chi connectivity index (χ1n) is 4.85. The van der Waals surface area contributed by atoms with Gasteiger partial charge in [0.25, 0.3) is 0 Å². The third kappa shape index (κ3) is 6.02. The summed E-state index contributed by atoms with van der Waals surface area (Å²) in [5.74, 6) is 0. The van der Waals surface area contributed by atoms with E-state index in [0.717, 1.165) is 13.0 Å². The van der Waals surface area contributed by atoms with E-state index in [9.17, 15) is 5.11 Å². The zero-order valence-corrected chi connectivity index (χ0v) is 9.42. The standard InChI is InChI=1S/C10H23NO2/c1-8(6-7-13-5)11-9(2)10(3,4)12/h8-9,11-12H,6-7H2,1-5H3. The molecule has 0 rings (SSSR count). The molecule has 0 saturated carbocycles. The van der Waals surface area contributed by atoms with Gasteiger partial charge < -0.3 is 15.2 Å². The Morgan fingerprint density at radius 1 is 1.38 bits per heavy atom. The quantitative estimate of drug-likeness (QED) is 0.659. The lowest BCUT2D eigenvalue weighted by Crippen LogP contribution is -2.48. The summed E-state index contributed by atoms with van der Waals surface area (Å²) in [6, 6.07) is 0.473. The molecule has 13 heavy (non-hydrogen) atoms. The molecule has 0 aliphatic carbocycles.